The van der Waals surface area contributed by atoms with E-state index in [2.05, 4.69) is 61.3 Å². The number of benzene rings is 1. The van der Waals surface area contributed by atoms with Crippen LogP contribution in [0.2, 0.25) is 0 Å². The molecule has 2 aromatic rings. The highest BCUT2D eigenvalue weighted by molar-refractivity contribution is 14.1. The number of hydrogen-bond acceptors (Lipinski definition) is 7. The summed E-state index contributed by atoms with van der Waals surface area (Å²) in [5.74, 6) is 0.758. The Hall–Kier alpha value is -1.47. The Balaban J connectivity index is 1.43. The molecular formula is C27H36BrFIN5O3. The van der Waals surface area contributed by atoms with Gasteiger partial charge in [-0.25, -0.2) is 9.18 Å². The van der Waals surface area contributed by atoms with Gasteiger partial charge in [0.25, 0.3) is 0 Å². The third-order valence-corrected chi connectivity index (χ3v) is 10.4. The number of amides is 1. The summed E-state index contributed by atoms with van der Waals surface area (Å²) >= 11 is 5.93. The van der Waals surface area contributed by atoms with Crippen LogP contribution < -0.4 is 9.64 Å². The van der Waals surface area contributed by atoms with Crippen LogP contribution in [0.15, 0.2) is 16.6 Å². The van der Waals surface area contributed by atoms with Crippen molar-refractivity contribution in [2.24, 2.45) is 0 Å². The maximum atomic E-state index is 14.3. The summed E-state index contributed by atoms with van der Waals surface area (Å²) in [7, 11) is 2.02. The van der Waals surface area contributed by atoms with Gasteiger partial charge in [0, 0.05) is 40.0 Å². The number of carbonyl (C=O) groups excluding carboxylic acids is 1. The Bertz CT molecular complexity index is 1230. The van der Waals surface area contributed by atoms with Crippen LogP contribution in [-0.2, 0) is 4.74 Å². The molecule has 0 N–H and O–H groups in total. The second-order valence-electron chi connectivity index (χ2n) is 11.9. The van der Waals surface area contributed by atoms with Gasteiger partial charge in [-0.05, 0) is 104 Å². The Morgan fingerprint density at radius 3 is 2.82 bits per heavy atom. The minimum Gasteiger partial charge on any atom is -0.461 e. The average molecular weight is 704 g/mol. The molecule has 3 saturated heterocycles. The largest absolute Gasteiger partial charge is 0.461 e. The number of aromatic nitrogens is 2. The van der Waals surface area contributed by atoms with Crippen molar-refractivity contribution >= 4 is 61.3 Å². The molecule has 3 aliphatic rings. The SMILES string of the molecule is C[C@@H]1[C@H](N(C)c2nc(OC[C@@]34CCCN3C[C@H](F)C4)nc3cc(Br)c(I)cc23)CCN1C(=O)OC(C)(C)C. The molecule has 0 saturated carbocycles. The van der Waals surface area contributed by atoms with Gasteiger partial charge in [-0.2, -0.15) is 9.97 Å². The summed E-state index contributed by atoms with van der Waals surface area (Å²) in [6.07, 6.45) is 2.17. The molecule has 0 bridgehead atoms. The third kappa shape index (κ3) is 5.43. The van der Waals surface area contributed by atoms with Crippen LogP contribution in [-0.4, -0.2) is 88.5 Å². The maximum absolute atomic E-state index is 14.3. The van der Waals surface area contributed by atoms with Gasteiger partial charge in [-0.15, -0.1) is 0 Å². The van der Waals surface area contributed by atoms with Crippen molar-refractivity contribution in [2.75, 3.05) is 38.2 Å². The number of ether oxygens (including phenoxy) is 2. The molecule has 1 aromatic carbocycles. The van der Waals surface area contributed by atoms with Gasteiger partial charge < -0.3 is 19.3 Å². The predicted octanol–water partition coefficient (Wildman–Crippen LogP) is 5.79. The fourth-order valence-corrected chi connectivity index (χ4v) is 7.04. The molecule has 11 heteroatoms. The maximum Gasteiger partial charge on any atom is 0.410 e. The van der Waals surface area contributed by atoms with E-state index in [-0.39, 0.29) is 23.7 Å². The minimum atomic E-state index is -0.812. The summed E-state index contributed by atoms with van der Waals surface area (Å²) in [6.45, 7) is 10.1. The van der Waals surface area contributed by atoms with Crippen molar-refractivity contribution in [3.8, 4) is 6.01 Å². The molecule has 3 aliphatic heterocycles. The number of anilines is 1. The number of fused-ring (bicyclic) bond motifs is 2. The monoisotopic (exact) mass is 703 g/mol. The number of carbonyl (C=O) groups is 1. The van der Waals surface area contributed by atoms with Crippen molar-refractivity contribution in [3.05, 3.63) is 20.2 Å². The quantitative estimate of drug-likeness (QED) is 0.366. The molecule has 0 unspecified atom stereocenters. The first kappa shape index (κ1) is 28.1. The number of halogens is 3. The zero-order valence-electron chi connectivity index (χ0n) is 22.6. The third-order valence-electron chi connectivity index (χ3n) is 8.10. The van der Waals surface area contributed by atoms with Gasteiger partial charge in [-0.3, -0.25) is 4.90 Å². The average Bonchev–Trinajstić information content (AvgIpc) is 3.48. The Morgan fingerprint density at radius 1 is 1.32 bits per heavy atom. The number of rotatable bonds is 5. The highest BCUT2D eigenvalue weighted by Gasteiger charge is 2.49. The summed E-state index contributed by atoms with van der Waals surface area (Å²) in [5, 5.41) is 0.917. The van der Waals surface area contributed by atoms with E-state index in [4.69, 9.17) is 19.4 Å². The molecule has 4 atom stereocenters. The molecule has 4 heterocycles. The molecule has 0 spiro atoms. The molecule has 8 nitrogen and oxygen atoms in total. The lowest BCUT2D eigenvalue weighted by Gasteiger charge is -2.33. The molecule has 0 aliphatic carbocycles. The molecule has 38 heavy (non-hydrogen) atoms. The summed E-state index contributed by atoms with van der Waals surface area (Å²) in [6, 6.07) is 4.33. The summed E-state index contributed by atoms with van der Waals surface area (Å²) in [4.78, 5) is 28.7. The van der Waals surface area contributed by atoms with Crippen LogP contribution in [0.3, 0.4) is 0 Å². The topological polar surface area (TPSA) is 71.0 Å². The first-order chi connectivity index (χ1) is 17.9. The van der Waals surface area contributed by atoms with Crippen molar-refractivity contribution in [1.82, 2.24) is 19.8 Å². The van der Waals surface area contributed by atoms with Gasteiger partial charge >= 0.3 is 12.1 Å². The van der Waals surface area contributed by atoms with Crippen molar-refractivity contribution in [1.29, 1.82) is 0 Å². The van der Waals surface area contributed by atoms with Gasteiger partial charge in [0.2, 0.25) is 0 Å². The Kier molecular flexibility index (Phi) is 7.75. The molecule has 3 fully saturated rings. The standard InChI is InChI=1S/C27H36BrFIN5O3/c1-16-22(7-10-35(16)25(36)38-26(2,3)4)33(5)23-18-11-20(30)19(28)12-21(18)31-24(32-23)37-15-27-8-6-9-34(27)14-17(29)13-27/h11-12,16-17,22H,6-10,13-15H2,1-5H3/t16-,17-,22-,27+/m1/s1. The second kappa shape index (κ2) is 10.5. The van der Waals surface area contributed by atoms with Crippen molar-refractivity contribution in [3.63, 3.8) is 0 Å². The zero-order chi connectivity index (χ0) is 27.4. The Morgan fingerprint density at radius 2 is 2.08 bits per heavy atom. The van der Waals surface area contributed by atoms with E-state index in [9.17, 15) is 9.18 Å². The lowest BCUT2D eigenvalue weighted by atomic mass is 9.95. The smallest absolute Gasteiger partial charge is 0.410 e. The van der Waals surface area contributed by atoms with E-state index in [1.807, 2.05) is 33.9 Å². The van der Waals surface area contributed by atoms with Crippen LogP contribution in [0.25, 0.3) is 10.9 Å². The van der Waals surface area contributed by atoms with Crippen LogP contribution in [0.4, 0.5) is 15.0 Å². The van der Waals surface area contributed by atoms with Crippen LogP contribution in [0.5, 0.6) is 6.01 Å². The molecule has 1 amide bonds. The second-order valence-corrected chi connectivity index (χ2v) is 13.9. The number of hydrogen-bond donors (Lipinski definition) is 0. The van der Waals surface area contributed by atoms with Crippen molar-refractivity contribution in [2.45, 2.75) is 82.8 Å². The molecule has 0 radical (unpaired) electrons. The lowest BCUT2D eigenvalue weighted by molar-refractivity contribution is 0.0233. The minimum absolute atomic E-state index is 0.0424. The lowest BCUT2D eigenvalue weighted by Crippen LogP contribution is -2.45. The van der Waals surface area contributed by atoms with Crippen molar-refractivity contribution < 1.29 is 18.7 Å². The fraction of sp³-hybridized carbons (Fsp3) is 0.667. The molecule has 5 rings (SSSR count). The van der Waals surface area contributed by atoms with Crippen LogP contribution >= 0.6 is 38.5 Å². The van der Waals surface area contributed by atoms with E-state index >= 15 is 0 Å². The van der Waals surface area contributed by atoms with Gasteiger partial charge in [0.15, 0.2) is 0 Å². The summed E-state index contributed by atoms with van der Waals surface area (Å²) in [5.41, 5.74) is -0.0467. The highest BCUT2D eigenvalue weighted by Crippen LogP contribution is 2.41. The predicted molar refractivity (Wildman–Crippen MR) is 158 cm³/mol. The van der Waals surface area contributed by atoms with E-state index in [0.29, 0.717) is 32.1 Å². The fourth-order valence-electron chi connectivity index (χ4n) is 6.24. The first-order valence-electron chi connectivity index (χ1n) is 13.3. The van der Waals surface area contributed by atoms with Gasteiger partial charge in [-0.1, -0.05) is 0 Å². The number of nitrogens with zero attached hydrogens (tertiary/aromatic N) is 5. The molecular weight excluding hydrogens is 668 g/mol. The first-order valence-corrected chi connectivity index (χ1v) is 15.2. The Labute approximate surface area is 245 Å². The molecule has 1 aromatic heterocycles. The zero-order valence-corrected chi connectivity index (χ0v) is 26.4. The molecule has 208 valence electrons. The number of likely N-dealkylation sites (tertiary alicyclic amines) is 1. The normalized spacial score (nSPS) is 27.7. The van der Waals surface area contributed by atoms with Crippen LogP contribution in [0, 0.1) is 3.57 Å². The number of likely N-dealkylation sites (N-methyl/N-ethyl adjacent to an activating group) is 1. The van der Waals surface area contributed by atoms with Crippen LogP contribution in [0.1, 0.15) is 53.4 Å². The van der Waals surface area contributed by atoms with E-state index < -0.39 is 11.8 Å². The number of alkyl halides is 1. The van der Waals surface area contributed by atoms with E-state index in [1.54, 1.807) is 4.90 Å². The van der Waals surface area contributed by atoms with Gasteiger partial charge in [0.05, 0.1) is 23.1 Å². The van der Waals surface area contributed by atoms with E-state index in [1.165, 1.54) is 0 Å². The van der Waals surface area contributed by atoms with Gasteiger partial charge in [0.1, 0.15) is 24.2 Å². The summed E-state index contributed by atoms with van der Waals surface area (Å²) < 4.78 is 28.2. The highest BCUT2D eigenvalue weighted by atomic mass is 127. The van der Waals surface area contributed by atoms with E-state index in [0.717, 1.165) is 50.6 Å².